The second kappa shape index (κ2) is 9.84. The number of rotatable bonds is 6. The SMILES string of the molecule is CCNC(=NCC(=O)Nc1ccc(F)cc1)N1CCN(Cc2ccon2)CC1. The molecule has 0 unspecified atom stereocenters. The Morgan fingerprint density at radius 1 is 1.21 bits per heavy atom. The van der Waals surface area contributed by atoms with Crippen LogP contribution in [0.2, 0.25) is 0 Å². The van der Waals surface area contributed by atoms with Crippen LogP contribution in [0.25, 0.3) is 0 Å². The molecule has 1 aromatic carbocycles. The molecule has 2 aromatic rings. The van der Waals surface area contributed by atoms with E-state index in [1.807, 2.05) is 13.0 Å². The summed E-state index contributed by atoms with van der Waals surface area (Å²) in [6, 6.07) is 7.53. The normalized spacial score (nSPS) is 15.5. The molecule has 1 saturated heterocycles. The van der Waals surface area contributed by atoms with Gasteiger partial charge in [-0.25, -0.2) is 9.38 Å². The van der Waals surface area contributed by atoms with Gasteiger partial charge in [-0.1, -0.05) is 5.16 Å². The Labute approximate surface area is 163 Å². The van der Waals surface area contributed by atoms with Gasteiger partial charge in [0.25, 0.3) is 0 Å². The minimum atomic E-state index is -0.340. The second-order valence-corrected chi connectivity index (χ2v) is 6.48. The quantitative estimate of drug-likeness (QED) is 0.577. The van der Waals surface area contributed by atoms with Gasteiger partial charge < -0.3 is 20.1 Å². The molecule has 150 valence electrons. The maximum absolute atomic E-state index is 12.9. The lowest BCUT2D eigenvalue weighted by Gasteiger charge is -2.36. The number of piperazine rings is 1. The van der Waals surface area contributed by atoms with Crippen LogP contribution in [0.3, 0.4) is 0 Å². The maximum atomic E-state index is 12.9. The number of anilines is 1. The van der Waals surface area contributed by atoms with Crippen molar-refractivity contribution < 1.29 is 13.7 Å². The molecule has 0 radical (unpaired) electrons. The van der Waals surface area contributed by atoms with Gasteiger partial charge in [0, 0.05) is 51.0 Å². The lowest BCUT2D eigenvalue weighted by Crippen LogP contribution is -2.52. The highest BCUT2D eigenvalue weighted by Crippen LogP contribution is 2.09. The van der Waals surface area contributed by atoms with E-state index in [0.29, 0.717) is 5.69 Å². The molecule has 1 aliphatic heterocycles. The molecule has 0 aliphatic carbocycles. The zero-order chi connectivity index (χ0) is 19.8. The lowest BCUT2D eigenvalue weighted by atomic mass is 10.3. The van der Waals surface area contributed by atoms with Crippen LogP contribution >= 0.6 is 0 Å². The number of aliphatic imine (C=N–C) groups is 1. The van der Waals surface area contributed by atoms with Crippen molar-refractivity contribution in [2.45, 2.75) is 13.5 Å². The number of nitrogens with one attached hydrogen (secondary N) is 2. The number of benzene rings is 1. The number of guanidine groups is 1. The van der Waals surface area contributed by atoms with E-state index in [-0.39, 0.29) is 18.3 Å². The number of aromatic nitrogens is 1. The summed E-state index contributed by atoms with van der Waals surface area (Å²) in [5.41, 5.74) is 1.47. The van der Waals surface area contributed by atoms with Crippen LogP contribution in [0, 0.1) is 5.82 Å². The Morgan fingerprint density at radius 2 is 1.96 bits per heavy atom. The van der Waals surface area contributed by atoms with Gasteiger partial charge in [-0.05, 0) is 31.2 Å². The fourth-order valence-electron chi connectivity index (χ4n) is 2.97. The molecular formula is C19H25FN6O2. The Morgan fingerprint density at radius 3 is 2.61 bits per heavy atom. The predicted molar refractivity (Wildman–Crippen MR) is 104 cm³/mol. The van der Waals surface area contributed by atoms with E-state index in [1.165, 1.54) is 24.3 Å². The molecule has 2 heterocycles. The summed E-state index contributed by atoms with van der Waals surface area (Å²) in [6.07, 6.45) is 1.58. The summed E-state index contributed by atoms with van der Waals surface area (Å²) in [5, 5.41) is 9.91. The first-order valence-corrected chi connectivity index (χ1v) is 9.34. The van der Waals surface area contributed by atoms with Crippen LogP contribution in [0.5, 0.6) is 0 Å². The summed E-state index contributed by atoms with van der Waals surface area (Å²) in [4.78, 5) is 21.0. The van der Waals surface area contributed by atoms with Gasteiger partial charge >= 0.3 is 0 Å². The van der Waals surface area contributed by atoms with E-state index in [0.717, 1.165) is 50.9 Å². The molecule has 9 heteroatoms. The summed E-state index contributed by atoms with van der Waals surface area (Å²) in [6.45, 7) is 6.84. The fourth-order valence-corrected chi connectivity index (χ4v) is 2.97. The molecule has 3 rings (SSSR count). The summed E-state index contributed by atoms with van der Waals surface area (Å²) >= 11 is 0. The largest absolute Gasteiger partial charge is 0.364 e. The number of carbonyl (C=O) groups excluding carboxylic acids is 1. The van der Waals surface area contributed by atoms with Gasteiger partial charge in [-0.3, -0.25) is 9.69 Å². The van der Waals surface area contributed by atoms with Crippen LogP contribution in [-0.2, 0) is 11.3 Å². The van der Waals surface area contributed by atoms with Crippen LogP contribution in [-0.4, -0.2) is 66.1 Å². The smallest absolute Gasteiger partial charge is 0.246 e. The van der Waals surface area contributed by atoms with E-state index in [1.54, 1.807) is 6.26 Å². The minimum absolute atomic E-state index is 0.00113. The van der Waals surface area contributed by atoms with E-state index in [9.17, 15) is 9.18 Å². The van der Waals surface area contributed by atoms with Crippen LogP contribution in [0.4, 0.5) is 10.1 Å². The maximum Gasteiger partial charge on any atom is 0.246 e. The average Bonchev–Trinajstić information content (AvgIpc) is 3.21. The molecule has 1 aliphatic rings. The number of halogens is 1. The standard InChI is InChI=1S/C19H25FN6O2/c1-2-21-19(22-13-18(27)23-16-5-3-15(20)4-6-16)26-10-8-25(9-11-26)14-17-7-12-28-24-17/h3-7,12H,2,8-11,13-14H2,1H3,(H,21,22)(H,23,27). The molecule has 8 nitrogen and oxygen atoms in total. The Balaban J connectivity index is 1.51. The highest BCUT2D eigenvalue weighted by atomic mass is 19.1. The number of hydrogen-bond donors (Lipinski definition) is 2. The van der Waals surface area contributed by atoms with Crippen molar-refractivity contribution in [1.82, 2.24) is 20.3 Å². The average molecular weight is 388 g/mol. The summed E-state index contributed by atoms with van der Waals surface area (Å²) < 4.78 is 17.8. The van der Waals surface area contributed by atoms with Gasteiger partial charge in [0.1, 0.15) is 18.6 Å². The third-order valence-electron chi connectivity index (χ3n) is 4.38. The van der Waals surface area contributed by atoms with Gasteiger partial charge in [-0.2, -0.15) is 0 Å². The highest BCUT2D eigenvalue weighted by molar-refractivity contribution is 5.94. The van der Waals surface area contributed by atoms with Crippen molar-refractivity contribution in [2.24, 2.45) is 4.99 Å². The molecule has 0 bridgehead atoms. The van der Waals surface area contributed by atoms with Gasteiger partial charge in [-0.15, -0.1) is 0 Å². The second-order valence-electron chi connectivity index (χ2n) is 6.48. The lowest BCUT2D eigenvalue weighted by molar-refractivity contribution is -0.114. The molecule has 2 N–H and O–H groups in total. The van der Waals surface area contributed by atoms with Crippen LogP contribution in [0.15, 0.2) is 46.1 Å². The number of nitrogens with zero attached hydrogens (tertiary/aromatic N) is 4. The predicted octanol–water partition coefficient (Wildman–Crippen LogP) is 1.54. The molecule has 1 amide bonds. The van der Waals surface area contributed by atoms with E-state index < -0.39 is 0 Å². The van der Waals surface area contributed by atoms with Crippen molar-refractivity contribution in [2.75, 3.05) is 44.6 Å². The zero-order valence-corrected chi connectivity index (χ0v) is 15.9. The zero-order valence-electron chi connectivity index (χ0n) is 15.9. The van der Waals surface area contributed by atoms with Gasteiger partial charge in [0.2, 0.25) is 5.91 Å². The van der Waals surface area contributed by atoms with Crippen LogP contribution in [0.1, 0.15) is 12.6 Å². The monoisotopic (exact) mass is 388 g/mol. The highest BCUT2D eigenvalue weighted by Gasteiger charge is 2.20. The van der Waals surface area contributed by atoms with Gasteiger partial charge in [0.05, 0.1) is 5.69 Å². The van der Waals surface area contributed by atoms with Gasteiger partial charge in [0.15, 0.2) is 5.96 Å². The molecule has 0 saturated carbocycles. The number of hydrogen-bond acceptors (Lipinski definition) is 5. The topological polar surface area (TPSA) is 86.0 Å². The van der Waals surface area contributed by atoms with E-state index >= 15 is 0 Å². The molecule has 0 spiro atoms. The summed E-state index contributed by atoms with van der Waals surface area (Å²) in [7, 11) is 0. The van der Waals surface area contributed by atoms with Crippen molar-refractivity contribution in [3.8, 4) is 0 Å². The first kappa shape index (κ1) is 19.8. The van der Waals surface area contributed by atoms with Crippen molar-refractivity contribution in [1.29, 1.82) is 0 Å². The molecular weight excluding hydrogens is 363 g/mol. The molecule has 1 fully saturated rings. The first-order valence-electron chi connectivity index (χ1n) is 9.34. The number of carbonyl (C=O) groups is 1. The van der Waals surface area contributed by atoms with Crippen molar-refractivity contribution in [3.05, 3.63) is 48.1 Å². The van der Waals surface area contributed by atoms with E-state index in [2.05, 4.69) is 30.6 Å². The minimum Gasteiger partial charge on any atom is -0.364 e. The molecule has 0 atom stereocenters. The fraction of sp³-hybridized carbons (Fsp3) is 0.421. The molecule has 28 heavy (non-hydrogen) atoms. The van der Waals surface area contributed by atoms with Crippen molar-refractivity contribution >= 4 is 17.6 Å². The molecule has 1 aromatic heterocycles. The van der Waals surface area contributed by atoms with Crippen molar-refractivity contribution in [3.63, 3.8) is 0 Å². The Kier molecular flexibility index (Phi) is 6.96. The third-order valence-corrected chi connectivity index (χ3v) is 4.38. The Bertz CT molecular complexity index is 770. The Hall–Kier alpha value is -2.94. The van der Waals surface area contributed by atoms with E-state index in [4.69, 9.17) is 4.52 Å². The number of amides is 1. The van der Waals surface area contributed by atoms with Crippen LogP contribution < -0.4 is 10.6 Å². The third kappa shape index (κ3) is 5.78. The first-order chi connectivity index (χ1) is 13.6. The summed E-state index contributed by atoms with van der Waals surface area (Å²) in [5.74, 6) is 0.137.